The van der Waals surface area contributed by atoms with Gasteiger partial charge in [-0.15, -0.1) is 0 Å². The van der Waals surface area contributed by atoms with Crippen molar-refractivity contribution < 1.29 is 13.2 Å². The Kier molecular flexibility index (Phi) is 7.04. The lowest BCUT2D eigenvalue weighted by Gasteiger charge is -2.35. The molecule has 0 saturated carbocycles. The summed E-state index contributed by atoms with van der Waals surface area (Å²) in [5.74, 6) is 1.47. The molecule has 152 valence electrons. The smallest absolute Gasteiger partial charge is 0.175 e. The van der Waals surface area contributed by atoms with Crippen LogP contribution in [0.5, 0.6) is 5.75 Å². The number of pyridine rings is 1. The fraction of sp³-hybridized carbons (Fsp3) is 0.421. The Morgan fingerprint density at radius 2 is 1.79 bits per heavy atom. The van der Waals surface area contributed by atoms with Gasteiger partial charge in [-0.3, -0.25) is 4.90 Å². The topological polar surface area (TPSA) is 62.7 Å². The fourth-order valence-corrected chi connectivity index (χ4v) is 4.21. The van der Waals surface area contributed by atoms with Gasteiger partial charge in [-0.1, -0.05) is 23.2 Å². The molecule has 0 amide bonds. The Balaban J connectivity index is 1.39. The number of rotatable bonds is 7. The van der Waals surface area contributed by atoms with Crippen LogP contribution in [0.4, 0.5) is 5.82 Å². The lowest BCUT2D eigenvalue weighted by molar-refractivity contribution is 0.224. The van der Waals surface area contributed by atoms with Crippen LogP contribution in [0.1, 0.15) is 6.42 Å². The summed E-state index contributed by atoms with van der Waals surface area (Å²) in [6.07, 6.45) is 3.71. The van der Waals surface area contributed by atoms with E-state index in [0.29, 0.717) is 27.3 Å². The highest BCUT2D eigenvalue weighted by Gasteiger charge is 2.19. The molecule has 0 radical (unpaired) electrons. The first-order valence-corrected chi connectivity index (χ1v) is 11.7. The van der Waals surface area contributed by atoms with Gasteiger partial charge in [0, 0.05) is 45.2 Å². The number of benzene rings is 1. The number of aromatic nitrogens is 1. The van der Waals surface area contributed by atoms with Crippen molar-refractivity contribution in [2.24, 2.45) is 0 Å². The molecule has 1 saturated heterocycles. The van der Waals surface area contributed by atoms with E-state index in [1.807, 2.05) is 0 Å². The zero-order valence-electron chi connectivity index (χ0n) is 15.6. The number of ether oxygens (including phenoxy) is 1. The second-order valence-electron chi connectivity index (χ2n) is 6.73. The first-order chi connectivity index (χ1) is 13.3. The Morgan fingerprint density at radius 1 is 1.11 bits per heavy atom. The average Bonchev–Trinajstić information content (AvgIpc) is 2.66. The summed E-state index contributed by atoms with van der Waals surface area (Å²) in [6, 6.07) is 8.24. The molecule has 0 unspecified atom stereocenters. The van der Waals surface area contributed by atoms with Gasteiger partial charge in [0.15, 0.2) is 9.84 Å². The second-order valence-corrected chi connectivity index (χ2v) is 9.59. The molecule has 0 atom stereocenters. The normalized spacial score (nSPS) is 15.6. The van der Waals surface area contributed by atoms with E-state index in [1.54, 1.807) is 36.5 Å². The van der Waals surface area contributed by atoms with Crippen LogP contribution >= 0.6 is 23.2 Å². The first kappa shape index (κ1) is 21.2. The monoisotopic (exact) mass is 443 g/mol. The van der Waals surface area contributed by atoms with Crippen molar-refractivity contribution in [2.75, 3.05) is 50.5 Å². The van der Waals surface area contributed by atoms with E-state index < -0.39 is 9.84 Å². The van der Waals surface area contributed by atoms with Crippen LogP contribution < -0.4 is 9.64 Å². The summed E-state index contributed by atoms with van der Waals surface area (Å²) in [5.41, 5.74) is 0. The van der Waals surface area contributed by atoms with Gasteiger partial charge in [0.05, 0.1) is 21.5 Å². The highest BCUT2D eigenvalue weighted by atomic mass is 35.5. The average molecular weight is 444 g/mol. The molecular weight excluding hydrogens is 421 g/mol. The lowest BCUT2D eigenvalue weighted by Crippen LogP contribution is -2.47. The van der Waals surface area contributed by atoms with Gasteiger partial charge in [0.2, 0.25) is 0 Å². The van der Waals surface area contributed by atoms with Crippen molar-refractivity contribution in [3.63, 3.8) is 0 Å². The van der Waals surface area contributed by atoms with Gasteiger partial charge < -0.3 is 9.64 Å². The Morgan fingerprint density at radius 3 is 2.39 bits per heavy atom. The van der Waals surface area contributed by atoms with E-state index >= 15 is 0 Å². The predicted molar refractivity (Wildman–Crippen MR) is 113 cm³/mol. The van der Waals surface area contributed by atoms with Gasteiger partial charge in [0.25, 0.3) is 0 Å². The third kappa shape index (κ3) is 5.73. The number of hydrogen-bond acceptors (Lipinski definition) is 6. The van der Waals surface area contributed by atoms with Crippen LogP contribution in [-0.2, 0) is 9.84 Å². The molecule has 28 heavy (non-hydrogen) atoms. The fourth-order valence-electron chi connectivity index (χ4n) is 3.08. The summed E-state index contributed by atoms with van der Waals surface area (Å²) in [5, 5.41) is 1.12. The summed E-state index contributed by atoms with van der Waals surface area (Å²) in [6.45, 7) is 5.12. The van der Waals surface area contributed by atoms with E-state index in [0.717, 1.165) is 45.0 Å². The van der Waals surface area contributed by atoms with Gasteiger partial charge >= 0.3 is 0 Å². The Labute approximate surface area is 175 Å². The summed E-state index contributed by atoms with van der Waals surface area (Å²) in [4.78, 5) is 9.20. The van der Waals surface area contributed by atoms with Gasteiger partial charge in [-0.2, -0.15) is 0 Å². The zero-order chi connectivity index (χ0) is 20.1. The van der Waals surface area contributed by atoms with Crippen molar-refractivity contribution in [3.05, 3.63) is 46.6 Å². The number of halogens is 2. The molecule has 1 aromatic carbocycles. The van der Waals surface area contributed by atoms with Crippen LogP contribution in [0, 0.1) is 0 Å². The van der Waals surface area contributed by atoms with Gasteiger partial charge in [-0.25, -0.2) is 13.4 Å². The molecule has 0 bridgehead atoms. The molecule has 0 aliphatic carbocycles. The maximum absolute atomic E-state index is 11.5. The number of sulfone groups is 1. The Hall–Kier alpha value is -1.54. The minimum atomic E-state index is -3.17. The standard InChI is InChI=1S/C19H23Cl2N3O3S/c1-28(25,26)17-5-3-16(4-6-17)27-12-2-7-23-8-10-24(11-9-23)19-18(21)13-15(20)14-22-19/h3-6,13-14H,2,7-12H2,1H3. The number of hydrogen-bond donors (Lipinski definition) is 0. The number of nitrogens with zero attached hydrogens (tertiary/aromatic N) is 3. The van der Waals surface area contributed by atoms with Crippen molar-refractivity contribution in [3.8, 4) is 5.75 Å². The number of anilines is 1. The third-order valence-corrected chi connectivity index (χ3v) is 6.21. The lowest BCUT2D eigenvalue weighted by atomic mass is 10.3. The van der Waals surface area contributed by atoms with E-state index in [2.05, 4.69) is 14.8 Å². The van der Waals surface area contributed by atoms with Crippen LogP contribution in [-0.4, -0.2) is 63.9 Å². The SMILES string of the molecule is CS(=O)(=O)c1ccc(OCCCN2CCN(c3ncc(Cl)cc3Cl)CC2)cc1. The highest BCUT2D eigenvalue weighted by Crippen LogP contribution is 2.26. The maximum Gasteiger partial charge on any atom is 0.175 e. The molecule has 1 aliphatic heterocycles. The first-order valence-electron chi connectivity index (χ1n) is 9.04. The van der Waals surface area contributed by atoms with Crippen molar-refractivity contribution in [2.45, 2.75) is 11.3 Å². The largest absolute Gasteiger partial charge is 0.494 e. The Bertz CT molecular complexity index is 899. The molecule has 1 aliphatic rings. The molecule has 3 rings (SSSR count). The maximum atomic E-state index is 11.5. The highest BCUT2D eigenvalue weighted by molar-refractivity contribution is 7.90. The minimum absolute atomic E-state index is 0.299. The molecule has 2 aromatic rings. The molecule has 2 heterocycles. The van der Waals surface area contributed by atoms with E-state index in [-0.39, 0.29) is 0 Å². The molecular formula is C19H23Cl2N3O3S. The molecule has 9 heteroatoms. The molecule has 1 fully saturated rings. The molecule has 1 aromatic heterocycles. The van der Waals surface area contributed by atoms with E-state index in [9.17, 15) is 8.42 Å². The van der Waals surface area contributed by atoms with E-state index in [4.69, 9.17) is 27.9 Å². The van der Waals surface area contributed by atoms with E-state index in [1.165, 1.54) is 6.26 Å². The van der Waals surface area contributed by atoms with Crippen LogP contribution in [0.25, 0.3) is 0 Å². The van der Waals surface area contributed by atoms with Crippen LogP contribution in [0.15, 0.2) is 41.4 Å². The van der Waals surface area contributed by atoms with Crippen molar-refractivity contribution in [1.82, 2.24) is 9.88 Å². The summed E-state index contributed by atoms with van der Waals surface area (Å²) in [7, 11) is -3.17. The predicted octanol–water partition coefficient (Wildman–Crippen LogP) is 3.38. The quantitative estimate of drug-likeness (QED) is 0.611. The van der Waals surface area contributed by atoms with Gasteiger partial charge in [-0.05, 0) is 36.8 Å². The zero-order valence-corrected chi connectivity index (χ0v) is 18.0. The molecule has 0 spiro atoms. The van der Waals surface area contributed by atoms with Crippen LogP contribution in [0.3, 0.4) is 0 Å². The van der Waals surface area contributed by atoms with Crippen molar-refractivity contribution in [1.29, 1.82) is 0 Å². The molecule has 0 N–H and O–H groups in total. The van der Waals surface area contributed by atoms with Gasteiger partial charge in [0.1, 0.15) is 11.6 Å². The summed E-state index contributed by atoms with van der Waals surface area (Å²) < 4.78 is 28.6. The second kappa shape index (κ2) is 9.31. The number of piperazine rings is 1. The van der Waals surface area contributed by atoms with Crippen molar-refractivity contribution >= 4 is 38.9 Å². The molecule has 6 nitrogen and oxygen atoms in total. The van der Waals surface area contributed by atoms with Crippen LogP contribution in [0.2, 0.25) is 10.0 Å². The minimum Gasteiger partial charge on any atom is -0.494 e. The summed E-state index contributed by atoms with van der Waals surface area (Å²) >= 11 is 12.2. The third-order valence-electron chi connectivity index (χ3n) is 4.60.